The molecule has 0 radical (unpaired) electrons. The van der Waals surface area contributed by atoms with E-state index in [0.29, 0.717) is 29.2 Å². The minimum atomic E-state index is -0.756. The maximum atomic E-state index is 9.86. The van der Waals surface area contributed by atoms with E-state index in [4.69, 9.17) is 23.9 Å². The van der Waals surface area contributed by atoms with Crippen LogP contribution in [-0.4, -0.2) is 63.1 Å². The van der Waals surface area contributed by atoms with Crippen LogP contribution in [0.3, 0.4) is 0 Å². The zero-order chi connectivity index (χ0) is 22.3. The fourth-order valence-electron chi connectivity index (χ4n) is 4.35. The molecule has 1 aromatic carbocycles. The van der Waals surface area contributed by atoms with Crippen LogP contribution in [0.15, 0.2) is 47.8 Å². The lowest BCUT2D eigenvalue weighted by Gasteiger charge is -2.19. The summed E-state index contributed by atoms with van der Waals surface area (Å²) in [5.41, 5.74) is 3.97. The molecule has 32 heavy (non-hydrogen) atoms. The maximum absolute atomic E-state index is 9.86. The van der Waals surface area contributed by atoms with Crippen molar-refractivity contribution in [1.82, 2.24) is 14.5 Å². The van der Waals surface area contributed by atoms with Crippen LogP contribution in [0.2, 0.25) is 0 Å². The topological polar surface area (TPSA) is 100 Å². The number of benzene rings is 1. The SMILES string of the molecule is COc1ncnc2c(C3=N[C@H](CO)[C@H]4OC(C)(C)O[C@@H]34)cn(COCc3ccccc3)c12. The summed E-state index contributed by atoms with van der Waals surface area (Å²) >= 11 is 0. The van der Waals surface area contributed by atoms with E-state index in [2.05, 4.69) is 9.97 Å². The first-order valence-electron chi connectivity index (χ1n) is 10.5. The molecule has 0 bridgehead atoms. The molecule has 0 unspecified atom stereocenters. The smallest absolute Gasteiger partial charge is 0.241 e. The molecular weight excluding hydrogens is 412 g/mol. The standard InChI is InChI=1S/C23H26N4O5/c1-23(2)31-20-16(10-28)26-18(21(20)32-23)15-9-27(13-30-11-14-7-5-4-6-8-14)19-17(15)24-12-25-22(19)29-3/h4-9,12,16,20-21,28H,10-11,13H2,1-3H3/t16-,20-,21+/m1/s1. The van der Waals surface area contributed by atoms with Gasteiger partial charge in [0.2, 0.25) is 5.88 Å². The van der Waals surface area contributed by atoms with E-state index < -0.39 is 17.9 Å². The van der Waals surface area contributed by atoms with Crippen molar-refractivity contribution >= 4 is 16.7 Å². The van der Waals surface area contributed by atoms with Crippen molar-refractivity contribution in [3.8, 4) is 5.88 Å². The van der Waals surface area contributed by atoms with Gasteiger partial charge in [0.1, 0.15) is 42.3 Å². The van der Waals surface area contributed by atoms with E-state index in [1.165, 1.54) is 6.33 Å². The Kier molecular flexibility index (Phi) is 5.42. The zero-order valence-corrected chi connectivity index (χ0v) is 18.3. The van der Waals surface area contributed by atoms with E-state index in [1.54, 1.807) is 7.11 Å². The van der Waals surface area contributed by atoms with Crippen molar-refractivity contribution in [3.05, 3.63) is 54.0 Å². The highest BCUT2D eigenvalue weighted by Crippen LogP contribution is 2.39. The maximum Gasteiger partial charge on any atom is 0.241 e. The minimum absolute atomic E-state index is 0.124. The summed E-state index contributed by atoms with van der Waals surface area (Å²) in [6, 6.07) is 9.58. The van der Waals surface area contributed by atoms with Gasteiger partial charge < -0.3 is 28.6 Å². The Hall–Kier alpha value is -2.85. The number of ether oxygens (including phenoxy) is 4. The number of rotatable bonds is 7. The summed E-state index contributed by atoms with van der Waals surface area (Å²) in [5, 5.41) is 9.86. The fourth-order valence-corrected chi connectivity index (χ4v) is 4.35. The lowest BCUT2D eigenvalue weighted by Crippen LogP contribution is -2.33. The molecule has 0 spiro atoms. The highest BCUT2D eigenvalue weighted by Gasteiger charge is 2.52. The van der Waals surface area contributed by atoms with Crippen LogP contribution in [0, 0.1) is 0 Å². The van der Waals surface area contributed by atoms with Gasteiger partial charge in [0.05, 0.1) is 26.0 Å². The third-order valence-electron chi connectivity index (χ3n) is 5.70. The Morgan fingerprint density at radius 3 is 2.72 bits per heavy atom. The Bertz CT molecular complexity index is 1140. The summed E-state index contributed by atoms with van der Waals surface area (Å²) in [6.07, 6.45) is 2.65. The lowest BCUT2D eigenvalue weighted by molar-refractivity contribution is -0.145. The van der Waals surface area contributed by atoms with Crippen LogP contribution < -0.4 is 4.74 Å². The molecule has 0 aliphatic carbocycles. The van der Waals surface area contributed by atoms with Gasteiger partial charge in [-0.25, -0.2) is 4.98 Å². The van der Waals surface area contributed by atoms with Crippen molar-refractivity contribution in [1.29, 1.82) is 0 Å². The molecule has 9 nitrogen and oxygen atoms in total. The van der Waals surface area contributed by atoms with Crippen LogP contribution in [0.5, 0.6) is 5.88 Å². The average molecular weight is 438 g/mol. The van der Waals surface area contributed by atoms with Gasteiger partial charge in [0, 0.05) is 11.8 Å². The summed E-state index contributed by atoms with van der Waals surface area (Å²) in [5.74, 6) is -0.310. The van der Waals surface area contributed by atoms with Crippen molar-refractivity contribution in [2.24, 2.45) is 4.99 Å². The monoisotopic (exact) mass is 438 g/mol. The molecule has 2 aliphatic heterocycles. The van der Waals surface area contributed by atoms with Gasteiger partial charge in [-0.2, -0.15) is 4.98 Å². The summed E-state index contributed by atoms with van der Waals surface area (Å²) < 4.78 is 25.6. The molecule has 0 amide bonds. The third kappa shape index (κ3) is 3.67. The molecule has 1 saturated heterocycles. The summed E-state index contributed by atoms with van der Waals surface area (Å²) in [7, 11) is 1.57. The second-order valence-corrected chi connectivity index (χ2v) is 8.34. The third-order valence-corrected chi connectivity index (χ3v) is 5.70. The van der Waals surface area contributed by atoms with Gasteiger partial charge in [0.25, 0.3) is 0 Å². The quantitative estimate of drug-likeness (QED) is 0.604. The number of aliphatic hydroxyl groups is 1. The molecule has 2 aliphatic rings. The van der Waals surface area contributed by atoms with E-state index in [1.807, 2.05) is 54.9 Å². The summed E-state index contributed by atoms with van der Waals surface area (Å²) in [6.45, 7) is 4.35. The number of aromatic nitrogens is 3. The zero-order valence-electron chi connectivity index (χ0n) is 18.3. The molecule has 3 aromatic rings. The Morgan fingerprint density at radius 2 is 1.97 bits per heavy atom. The van der Waals surface area contributed by atoms with Gasteiger partial charge >= 0.3 is 0 Å². The van der Waals surface area contributed by atoms with E-state index in [-0.39, 0.29) is 19.4 Å². The first kappa shape index (κ1) is 21.0. The molecule has 5 rings (SSSR count). The molecule has 4 heterocycles. The molecule has 3 atom stereocenters. The number of nitrogens with zero attached hydrogens (tertiary/aromatic N) is 4. The van der Waals surface area contributed by atoms with Gasteiger partial charge in [-0.05, 0) is 19.4 Å². The van der Waals surface area contributed by atoms with Crippen LogP contribution in [0.4, 0.5) is 0 Å². The molecule has 168 valence electrons. The number of hydrogen-bond acceptors (Lipinski definition) is 8. The highest BCUT2D eigenvalue weighted by molar-refractivity contribution is 6.14. The van der Waals surface area contributed by atoms with Crippen molar-refractivity contribution in [2.45, 2.75) is 51.2 Å². The number of fused-ring (bicyclic) bond motifs is 2. The lowest BCUT2D eigenvalue weighted by atomic mass is 10.0. The van der Waals surface area contributed by atoms with Crippen molar-refractivity contribution in [2.75, 3.05) is 13.7 Å². The number of aliphatic imine (C=N–C) groups is 1. The van der Waals surface area contributed by atoms with Crippen LogP contribution >= 0.6 is 0 Å². The number of hydrogen-bond donors (Lipinski definition) is 1. The predicted octanol–water partition coefficient (Wildman–Crippen LogP) is 2.30. The largest absolute Gasteiger partial charge is 0.479 e. The Morgan fingerprint density at radius 1 is 1.16 bits per heavy atom. The van der Waals surface area contributed by atoms with E-state index >= 15 is 0 Å². The van der Waals surface area contributed by atoms with Gasteiger partial charge in [-0.1, -0.05) is 30.3 Å². The predicted molar refractivity (Wildman–Crippen MR) is 117 cm³/mol. The highest BCUT2D eigenvalue weighted by atomic mass is 16.8. The van der Waals surface area contributed by atoms with Gasteiger partial charge in [0.15, 0.2) is 5.79 Å². The van der Waals surface area contributed by atoms with Crippen molar-refractivity contribution in [3.63, 3.8) is 0 Å². The van der Waals surface area contributed by atoms with Gasteiger partial charge in [-0.15, -0.1) is 0 Å². The van der Waals surface area contributed by atoms with E-state index in [0.717, 1.165) is 11.1 Å². The second kappa shape index (κ2) is 8.25. The minimum Gasteiger partial charge on any atom is -0.479 e. The molecule has 9 heteroatoms. The molecule has 1 fully saturated rings. The van der Waals surface area contributed by atoms with E-state index in [9.17, 15) is 5.11 Å². The molecule has 1 N–H and O–H groups in total. The van der Waals surface area contributed by atoms with Crippen LogP contribution in [-0.2, 0) is 27.5 Å². The fraction of sp³-hybridized carbons (Fsp3) is 0.435. The molecule has 0 saturated carbocycles. The summed E-state index contributed by atoms with van der Waals surface area (Å²) in [4.78, 5) is 13.5. The first-order chi connectivity index (χ1) is 15.5. The molecule has 2 aromatic heterocycles. The normalized spacial score (nSPS) is 24.0. The van der Waals surface area contributed by atoms with Crippen LogP contribution in [0.25, 0.3) is 11.0 Å². The second-order valence-electron chi connectivity index (χ2n) is 8.34. The van der Waals surface area contributed by atoms with Crippen molar-refractivity contribution < 1.29 is 24.1 Å². The Balaban J connectivity index is 1.51. The number of aliphatic hydroxyl groups excluding tert-OH is 1. The Labute approximate surface area is 185 Å². The average Bonchev–Trinajstić information content (AvgIpc) is 3.42. The van der Waals surface area contributed by atoms with Crippen LogP contribution in [0.1, 0.15) is 25.0 Å². The first-order valence-corrected chi connectivity index (χ1v) is 10.5. The number of methoxy groups -OCH3 is 1. The molecular formula is C23H26N4O5. The van der Waals surface area contributed by atoms with Gasteiger partial charge in [-0.3, -0.25) is 4.99 Å².